The molecule has 0 saturated carbocycles. The second-order valence-corrected chi connectivity index (χ2v) is 3.65. The van der Waals surface area contributed by atoms with Crippen molar-refractivity contribution in [2.75, 3.05) is 6.61 Å². The third-order valence-electron chi connectivity index (χ3n) is 2.14. The Labute approximate surface area is 101 Å². The van der Waals surface area contributed by atoms with Gasteiger partial charge in [-0.25, -0.2) is 8.78 Å². The minimum absolute atomic E-state index is 0.204. The second-order valence-electron chi connectivity index (χ2n) is 3.65. The van der Waals surface area contributed by atoms with Gasteiger partial charge in [-0.3, -0.25) is 4.79 Å². The van der Waals surface area contributed by atoms with E-state index in [2.05, 4.69) is 17.4 Å². The van der Waals surface area contributed by atoms with Crippen LogP contribution in [0.15, 0.2) is 17.4 Å². The highest BCUT2D eigenvalue weighted by atomic mass is 19.3. The Balaban J connectivity index is 4.30. The molecular formula is C13H20F2O2. The lowest BCUT2D eigenvalue weighted by Crippen LogP contribution is -2.08. The van der Waals surface area contributed by atoms with E-state index >= 15 is 0 Å². The van der Waals surface area contributed by atoms with Crippen LogP contribution in [0, 0.1) is 0 Å². The summed E-state index contributed by atoms with van der Waals surface area (Å²) in [7, 11) is 0. The van der Waals surface area contributed by atoms with Gasteiger partial charge >= 0.3 is 5.97 Å². The fourth-order valence-corrected chi connectivity index (χ4v) is 1.26. The zero-order chi connectivity index (χ0) is 13.1. The molecule has 0 aliphatic rings. The van der Waals surface area contributed by atoms with Crippen molar-refractivity contribution in [3.05, 3.63) is 17.4 Å². The van der Waals surface area contributed by atoms with Crippen molar-refractivity contribution in [3.63, 3.8) is 0 Å². The maximum atomic E-state index is 12.5. The number of esters is 1. The third kappa shape index (κ3) is 8.64. The summed E-state index contributed by atoms with van der Waals surface area (Å²) in [6.07, 6.45) is 2.38. The van der Waals surface area contributed by atoms with Crippen molar-refractivity contribution in [2.24, 2.45) is 0 Å². The standard InChI is InChI=1S/C13H20F2O2/c1-3-5-6-7-8-9-11(13(14)15)10-12(16)17-4-2/h8,13H,3-7,10H2,1-2H3. The molecule has 0 aromatic carbocycles. The number of carbonyl (C=O) groups excluding carboxylic acids is 1. The summed E-state index contributed by atoms with van der Waals surface area (Å²) in [5.74, 6) is -0.628. The quantitative estimate of drug-likeness (QED) is 0.369. The first kappa shape index (κ1) is 15.9. The summed E-state index contributed by atoms with van der Waals surface area (Å²) in [5, 5.41) is 0. The first-order valence-corrected chi connectivity index (χ1v) is 5.99. The number of carbonyl (C=O) groups is 1. The Morgan fingerprint density at radius 3 is 2.59 bits per heavy atom. The van der Waals surface area contributed by atoms with E-state index in [1.807, 2.05) is 0 Å². The van der Waals surface area contributed by atoms with E-state index in [1.54, 1.807) is 13.0 Å². The van der Waals surface area contributed by atoms with Crippen LogP contribution in [0.2, 0.25) is 0 Å². The molecule has 0 aliphatic heterocycles. The van der Waals surface area contributed by atoms with Gasteiger partial charge in [0.05, 0.1) is 13.0 Å². The molecule has 0 unspecified atom stereocenters. The maximum Gasteiger partial charge on any atom is 0.310 e. The Kier molecular flexibility index (Phi) is 9.35. The molecule has 0 atom stereocenters. The smallest absolute Gasteiger partial charge is 0.310 e. The molecule has 0 heterocycles. The van der Waals surface area contributed by atoms with E-state index in [9.17, 15) is 13.6 Å². The van der Waals surface area contributed by atoms with Gasteiger partial charge in [-0.05, 0) is 25.8 Å². The molecule has 0 aliphatic carbocycles. The fraction of sp³-hybridized carbons (Fsp3) is 0.692. The Hall–Kier alpha value is -1.15. The van der Waals surface area contributed by atoms with Gasteiger partial charge < -0.3 is 4.74 Å². The van der Waals surface area contributed by atoms with Gasteiger partial charge in [0.15, 0.2) is 0 Å². The number of ether oxygens (including phenoxy) is 1. The lowest BCUT2D eigenvalue weighted by molar-refractivity contribution is -0.142. The molecule has 0 rings (SSSR count). The van der Waals surface area contributed by atoms with Gasteiger partial charge in [0.1, 0.15) is 0 Å². The van der Waals surface area contributed by atoms with Crippen LogP contribution in [-0.4, -0.2) is 19.0 Å². The highest BCUT2D eigenvalue weighted by Gasteiger charge is 2.15. The number of halogens is 2. The van der Waals surface area contributed by atoms with E-state index in [1.165, 1.54) is 0 Å². The van der Waals surface area contributed by atoms with Gasteiger partial charge in [-0.1, -0.05) is 19.8 Å². The lowest BCUT2D eigenvalue weighted by atomic mass is 10.1. The Bertz CT molecular complexity index is 279. The molecule has 0 N–H and O–H groups in total. The van der Waals surface area contributed by atoms with Crippen LogP contribution in [0.3, 0.4) is 0 Å². The first-order valence-electron chi connectivity index (χ1n) is 5.99. The summed E-state index contributed by atoms with van der Waals surface area (Å²) >= 11 is 0. The van der Waals surface area contributed by atoms with Crippen LogP contribution in [-0.2, 0) is 9.53 Å². The number of hydrogen-bond donors (Lipinski definition) is 0. The molecular weight excluding hydrogens is 226 g/mol. The molecule has 0 fully saturated rings. The van der Waals surface area contributed by atoms with E-state index in [-0.39, 0.29) is 18.6 Å². The van der Waals surface area contributed by atoms with Gasteiger partial charge in [0.2, 0.25) is 0 Å². The Morgan fingerprint density at radius 2 is 2.06 bits per heavy atom. The molecule has 0 spiro atoms. The zero-order valence-corrected chi connectivity index (χ0v) is 10.5. The van der Waals surface area contributed by atoms with Crippen LogP contribution in [0.4, 0.5) is 8.78 Å². The molecule has 0 aromatic heterocycles. The molecule has 0 radical (unpaired) electrons. The summed E-state index contributed by atoms with van der Waals surface area (Å²) in [6, 6.07) is 0. The van der Waals surface area contributed by atoms with Crippen LogP contribution >= 0.6 is 0 Å². The van der Waals surface area contributed by atoms with Gasteiger partial charge in [0.25, 0.3) is 6.43 Å². The van der Waals surface area contributed by atoms with E-state index < -0.39 is 12.4 Å². The Morgan fingerprint density at radius 1 is 1.35 bits per heavy atom. The predicted molar refractivity (Wildman–Crippen MR) is 63.0 cm³/mol. The highest BCUT2D eigenvalue weighted by molar-refractivity contribution is 5.72. The number of rotatable bonds is 8. The van der Waals surface area contributed by atoms with E-state index in [0.29, 0.717) is 6.42 Å². The monoisotopic (exact) mass is 246 g/mol. The van der Waals surface area contributed by atoms with Crippen molar-refractivity contribution in [1.29, 1.82) is 0 Å². The minimum atomic E-state index is -2.65. The van der Waals surface area contributed by atoms with Crippen molar-refractivity contribution in [1.82, 2.24) is 0 Å². The molecule has 0 bridgehead atoms. The van der Waals surface area contributed by atoms with E-state index in [4.69, 9.17) is 0 Å². The number of hydrogen-bond acceptors (Lipinski definition) is 2. The summed E-state index contributed by atoms with van der Waals surface area (Å²) < 4.78 is 29.7. The summed E-state index contributed by atoms with van der Waals surface area (Å²) in [4.78, 5) is 11.1. The number of unbranched alkanes of at least 4 members (excludes halogenated alkanes) is 3. The SMILES string of the molecule is CCCCCC=C=C(CC(=O)OCC)C(F)F. The average molecular weight is 246 g/mol. The predicted octanol–water partition coefficient (Wildman–Crippen LogP) is 3.87. The van der Waals surface area contributed by atoms with E-state index in [0.717, 1.165) is 19.3 Å². The van der Waals surface area contributed by atoms with Crippen molar-refractivity contribution >= 4 is 5.97 Å². The molecule has 17 heavy (non-hydrogen) atoms. The minimum Gasteiger partial charge on any atom is -0.466 e. The van der Waals surface area contributed by atoms with Gasteiger partial charge in [-0.2, -0.15) is 0 Å². The van der Waals surface area contributed by atoms with Crippen molar-refractivity contribution in [3.8, 4) is 0 Å². The van der Waals surface area contributed by atoms with Crippen LogP contribution in [0.1, 0.15) is 46.0 Å². The van der Waals surface area contributed by atoms with Crippen LogP contribution in [0.25, 0.3) is 0 Å². The van der Waals surface area contributed by atoms with Crippen LogP contribution in [0.5, 0.6) is 0 Å². The lowest BCUT2D eigenvalue weighted by Gasteiger charge is -2.03. The molecule has 98 valence electrons. The molecule has 4 heteroatoms. The zero-order valence-electron chi connectivity index (χ0n) is 10.5. The molecule has 0 amide bonds. The van der Waals surface area contributed by atoms with Gasteiger partial charge in [-0.15, -0.1) is 5.73 Å². The second kappa shape index (κ2) is 10.0. The molecule has 2 nitrogen and oxygen atoms in total. The topological polar surface area (TPSA) is 26.3 Å². The summed E-state index contributed by atoms with van der Waals surface area (Å²) in [6.45, 7) is 3.92. The molecule has 0 aromatic rings. The van der Waals surface area contributed by atoms with Crippen molar-refractivity contribution < 1.29 is 18.3 Å². The number of alkyl halides is 2. The normalized spacial score (nSPS) is 9.94. The maximum absolute atomic E-state index is 12.5. The fourth-order valence-electron chi connectivity index (χ4n) is 1.26. The van der Waals surface area contributed by atoms with Crippen molar-refractivity contribution in [2.45, 2.75) is 52.4 Å². The first-order chi connectivity index (χ1) is 8.11. The summed E-state index contributed by atoms with van der Waals surface area (Å²) in [5.41, 5.74) is 2.22. The third-order valence-corrected chi connectivity index (χ3v) is 2.14. The average Bonchev–Trinajstić information content (AvgIpc) is 2.27. The van der Waals surface area contributed by atoms with Crippen LogP contribution < -0.4 is 0 Å². The van der Waals surface area contributed by atoms with Gasteiger partial charge in [0, 0.05) is 5.57 Å². The largest absolute Gasteiger partial charge is 0.466 e. The molecule has 0 saturated heterocycles. The highest BCUT2D eigenvalue weighted by Crippen LogP contribution is 2.12.